The van der Waals surface area contributed by atoms with Gasteiger partial charge >= 0.3 is 0 Å². The van der Waals surface area contributed by atoms with E-state index in [1.54, 1.807) is 152 Å². The van der Waals surface area contributed by atoms with E-state index < -0.39 is 75.6 Å². The quantitative estimate of drug-likeness (QED) is 0.101. The molecule has 2 fully saturated rings. The molecule has 0 amide bonds. The summed E-state index contributed by atoms with van der Waals surface area (Å²) in [6.45, 7) is 9.82. The van der Waals surface area contributed by atoms with Crippen LogP contribution < -0.4 is 18.9 Å². The highest BCUT2D eigenvalue weighted by atomic mass is 19.2. The summed E-state index contributed by atoms with van der Waals surface area (Å²) in [5.74, 6) is -5.71. The lowest BCUT2D eigenvalue weighted by molar-refractivity contribution is 0.0658. The first-order valence-corrected chi connectivity index (χ1v) is 41.8. The highest BCUT2D eigenvalue weighted by molar-refractivity contribution is 5.71. The number of halogens is 12. The Kier molecular flexibility index (Phi) is 35.6. The van der Waals surface area contributed by atoms with Crippen molar-refractivity contribution in [3.05, 3.63) is 387 Å². The van der Waals surface area contributed by atoms with Crippen LogP contribution in [0.4, 0.5) is 52.7 Å². The van der Waals surface area contributed by atoms with E-state index in [0.29, 0.717) is 85.6 Å². The zero-order chi connectivity index (χ0) is 93.1. The monoisotopic (exact) mass is 1760 g/mol. The van der Waals surface area contributed by atoms with Gasteiger partial charge in [0, 0.05) is 54.2 Å². The van der Waals surface area contributed by atoms with E-state index in [-0.39, 0.29) is 33.6 Å². The van der Waals surface area contributed by atoms with Gasteiger partial charge in [-0.1, -0.05) is 181 Å². The highest BCUT2D eigenvalue weighted by Gasteiger charge is 2.25. The lowest BCUT2D eigenvalue weighted by Gasteiger charge is -2.28. The molecular formula is C109H101F12NO7. The molecule has 0 bridgehead atoms. The summed E-state index contributed by atoms with van der Waals surface area (Å²) in [7, 11) is 9.64. The Morgan fingerprint density at radius 3 is 0.891 bits per heavy atom. The Morgan fingerprint density at radius 2 is 0.566 bits per heavy atom. The normalized spacial score (nSPS) is 14.2. The Bertz CT molecular complexity index is 5990. The molecule has 0 aliphatic heterocycles. The number of phenolic OH excluding ortho intramolecular Hbond substituents is 1. The number of hydrogen-bond acceptors (Lipinski definition) is 8. The van der Waals surface area contributed by atoms with Gasteiger partial charge in [-0.05, 0) is 268 Å². The van der Waals surface area contributed by atoms with Gasteiger partial charge in [0.05, 0.1) is 57.8 Å². The van der Waals surface area contributed by atoms with Crippen LogP contribution >= 0.6 is 0 Å². The van der Waals surface area contributed by atoms with Crippen molar-refractivity contribution in [1.82, 2.24) is 0 Å². The molecule has 1 N–H and O–H groups in total. The second-order valence-corrected chi connectivity index (χ2v) is 31.2. The van der Waals surface area contributed by atoms with Gasteiger partial charge in [0.15, 0.2) is 34.8 Å². The molecule has 14 aromatic carbocycles. The second-order valence-electron chi connectivity index (χ2n) is 31.2. The van der Waals surface area contributed by atoms with Crippen LogP contribution in [0.3, 0.4) is 0 Å². The number of hydrogen-bond donors (Lipinski definition) is 1. The van der Waals surface area contributed by atoms with Crippen LogP contribution in [0.25, 0.3) is 77.9 Å². The number of rotatable bonds is 15. The van der Waals surface area contributed by atoms with E-state index in [4.69, 9.17) is 38.8 Å². The third kappa shape index (κ3) is 26.2. The molecule has 0 saturated heterocycles. The SMILES string of the molecule is COC1CCC(c2ccc(-c3cc(F)c(C)c(F)c3)cc2)CC1.COC1CCC(c2ccc(-c3ccc(C)c(F)c3F)cc2)CC1.COc1ccc(-c2cc(F)c(C)c(F)c2)cc1.COc1ccc(-c2ccc(C#N)cc2)cc1.COc1ccc(-c2ccc(C)c(F)c2F)cc1.COc1ccc(-c2ccc(C)cc2)c(F)c1F.Cc1ccc(-c2c(F)cc(O)cc2F)cc1. The number of phenols is 1. The van der Waals surface area contributed by atoms with Crippen molar-refractivity contribution in [2.24, 2.45) is 0 Å². The minimum absolute atomic E-state index is 0.0438. The van der Waals surface area contributed by atoms with Crippen molar-refractivity contribution < 1.29 is 86.2 Å². The zero-order valence-electron chi connectivity index (χ0n) is 73.7. The van der Waals surface area contributed by atoms with Crippen molar-refractivity contribution in [2.45, 2.75) is 117 Å². The minimum atomic E-state index is -0.953. The molecule has 0 radical (unpaired) electrons. The molecule has 0 heterocycles. The molecule has 0 atom stereocenters. The average Bonchev–Trinajstić information content (AvgIpc) is 0.820. The Balaban J connectivity index is 0.000000157. The third-order valence-electron chi connectivity index (χ3n) is 22.8. The first-order chi connectivity index (χ1) is 62.0. The molecule has 8 nitrogen and oxygen atoms in total. The van der Waals surface area contributed by atoms with E-state index in [9.17, 15) is 52.7 Å². The summed E-state index contributed by atoms with van der Waals surface area (Å²) in [6, 6.07) is 78.0. The van der Waals surface area contributed by atoms with E-state index in [1.165, 1.54) is 75.4 Å². The zero-order valence-corrected chi connectivity index (χ0v) is 73.7. The molecule has 129 heavy (non-hydrogen) atoms. The molecule has 668 valence electrons. The Labute approximate surface area is 746 Å². The number of nitrogens with zero attached hydrogens (tertiary/aromatic N) is 1. The lowest BCUT2D eigenvalue weighted by Crippen LogP contribution is -2.19. The standard InChI is InChI=1S/2C20H22F2O.3C14H12F2O.C14H11NO.C13H10F2O/c1-13-3-12-18(20(22)19(13)21)16-6-4-14(5-7-16)15-8-10-17(23-2)11-9-15;1-13-19(21)11-17(12-20(13)22)16-5-3-14(4-6-16)15-7-9-18(23-2)10-8-15;1-9-3-8-12(14(16)13(9)15)10-4-6-11(17-2)7-5-10;1-9-13(15)7-11(8-14(9)16)10-3-5-12(17-2)6-4-10;1-9-3-5-10(6-4-9)11-7-8-12(17-2)14(16)13(11)15;1-16-14-8-6-13(7-9-14)12-4-2-11(10-15)3-5-12;1-8-2-4-9(5-3-8)13-11(14)6-10(16)7-12(13)15/h3-7,12,15,17H,8-11H2,1-2H3;3-6,11-12,15,18H,7-10H2,1-2H3;3*3-8H,1-2H3;2-9H,1H3;2-7,16H,1H3. The first-order valence-electron chi connectivity index (χ1n) is 41.8. The van der Waals surface area contributed by atoms with Crippen LogP contribution in [0.2, 0.25) is 0 Å². The maximum absolute atomic E-state index is 14.1. The van der Waals surface area contributed by atoms with Crippen molar-refractivity contribution >= 4 is 0 Å². The summed E-state index contributed by atoms with van der Waals surface area (Å²) in [6.07, 6.45) is 9.63. The smallest absolute Gasteiger partial charge is 0.201 e. The minimum Gasteiger partial charge on any atom is -0.508 e. The summed E-state index contributed by atoms with van der Waals surface area (Å²) < 4.78 is 194. The highest BCUT2D eigenvalue weighted by Crippen LogP contribution is 2.40. The van der Waals surface area contributed by atoms with Crippen LogP contribution in [0.15, 0.2) is 267 Å². The topological polar surface area (TPSA) is 99.4 Å². The van der Waals surface area contributed by atoms with Crippen LogP contribution in [-0.4, -0.2) is 60.0 Å². The first kappa shape index (κ1) is 97.8. The van der Waals surface area contributed by atoms with Crippen molar-refractivity contribution in [3.8, 4) is 113 Å². The fourth-order valence-electron chi connectivity index (χ4n) is 14.8. The summed E-state index contributed by atoms with van der Waals surface area (Å²) in [5.41, 5.74) is 14.2. The van der Waals surface area contributed by atoms with Gasteiger partial charge in [0.1, 0.15) is 57.9 Å². The van der Waals surface area contributed by atoms with Crippen LogP contribution in [0.5, 0.6) is 28.7 Å². The Morgan fingerprint density at radius 1 is 0.279 bits per heavy atom. The summed E-state index contributed by atoms with van der Waals surface area (Å²) in [4.78, 5) is 0. The van der Waals surface area contributed by atoms with Crippen LogP contribution in [0, 0.1) is 123 Å². The average molecular weight is 1760 g/mol. The maximum Gasteiger partial charge on any atom is 0.201 e. The Hall–Kier alpha value is -13.4. The van der Waals surface area contributed by atoms with Crippen molar-refractivity contribution in [3.63, 3.8) is 0 Å². The van der Waals surface area contributed by atoms with Gasteiger partial charge in [-0.15, -0.1) is 0 Å². The predicted molar refractivity (Wildman–Crippen MR) is 488 cm³/mol. The molecule has 14 aromatic rings. The van der Waals surface area contributed by atoms with Crippen molar-refractivity contribution in [1.29, 1.82) is 5.26 Å². The number of methoxy groups -OCH3 is 6. The molecule has 20 heteroatoms. The molecule has 2 aliphatic rings. The fraction of sp³-hybridized carbons (Fsp3) is 0.220. The van der Waals surface area contributed by atoms with E-state index in [1.807, 2.05) is 111 Å². The molecule has 2 aliphatic carbocycles. The van der Waals surface area contributed by atoms with Gasteiger partial charge in [0.2, 0.25) is 5.82 Å². The fourth-order valence-corrected chi connectivity index (χ4v) is 14.8. The van der Waals surface area contributed by atoms with E-state index in [0.717, 1.165) is 108 Å². The number of aromatic hydroxyl groups is 1. The van der Waals surface area contributed by atoms with E-state index >= 15 is 0 Å². The summed E-state index contributed by atoms with van der Waals surface area (Å²) >= 11 is 0. The van der Waals surface area contributed by atoms with Crippen LogP contribution in [-0.2, 0) is 9.47 Å². The van der Waals surface area contributed by atoms with E-state index in [2.05, 4.69) is 18.2 Å². The maximum atomic E-state index is 14.1. The summed E-state index contributed by atoms with van der Waals surface area (Å²) in [5, 5.41) is 17.7. The molecule has 16 rings (SSSR count). The van der Waals surface area contributed by atoms with Crippen LogP contribution in [0.1, 0.15) is 113 Å². The lowest BCUT2D eigenvalue weighted by atomic mass is 9.82. The number of benzene rings is 14. The third-order valence-corrected chi connectivity index (χ3v) is 22.8. The largest absolute Gasteiger partial charge is 0.508 e. The molecule has 0 aromatic heterocycles. The molecular weight excluding hydrogens is 1660 g/mol. The van der Waals surface area contributed by atoms with Gasteiger partial charge in [-0.25, -0.2) is 48.3 Å². The predicted octanol–water partition coefficient (Wildman–Crippen LogP) is 30.0. The van der Waals surface area contributed by atoms with Gasteiger partial charge in [-0.3, -0.25) is 0 Å². The van der Waals surface area contributed by atoms with Crippen molar-refractivity contribution in [2.75, 3.05) is 42.7 Å². The number of nitriles is 1. The number of aryl methyl sites for hydroxylation is 4. The second kappa shape index (κ2) is 46.9. The van der Waals surface area contributed by atoms with Gasteiger partial charge in [0.25, 0.3) is 0 Å². The molecule has 0 spiro atoms. The van der Waals surface area contributed by atoms with Gasteiger partial charge in [-0.2, -0.15) is 9.65 Å². The molecule has 2 saturated carbocycles. The number of ether oxygens (including phenoxy) is 6. The molecule has 0 unspecified atom stereocenters. The van der Waals surface area contributed by atoms with Gasteiger partial charge < -0.3 is 33.5 Å².